The van der Waals surface area contributed by atoms with Gasteiger partial charge in [0.25, 0.3) is 0 Å². The highest BCUT2D eigenvalue weighted by Gasteiger charge is 2.29. The lowest BCUT2D eigenvalue weighted by molar-refractivity contribution is 0.282. The Kier molecular flexibility index (Phi) is 5.95. The van der Waals surface area contributed by atoms with E-state index in [4.69, 9.17) is 5.21 Å². The third-order valence-corrected chi connectivity index (χ3v) is 3.57. The van der Waals surface area contributed by atoms with Gasteiger partial charge in [-0.25, -0.2) is 0 Å². The van der Waals surface area contributed by atoms with Crippen LogP contribution in [0.25, 0.3) is 0 Å². The van der Waals surface area contributed by atoms with Crippen LogP contribution in [0.15, 0.2) is 5.16 Å². The molecule has 0 aromatic heterocycles. The summed E-state index contributed by atoms with van der Waals surface area (Å²) in [6.45, 7) is 1.99. The van der Waals surface area contributed by atoms with Crippen molar-refractivity contribution in [2.24, 2.45) is 5.16 Å². The van der Waals surface area contributed by atoms with Gasteiger partial charge in [0.1, 0.15) is 0 Å². The lowest BCUT2D eigenvalue weighted by Crippen LogP contribution is -2.04. The van der Waals surface area contributed by atoms with Gasteiger partial charge >= 0.3 is 7.60 Å². The minimum absolute atomic E-state index is 0.0827. The van der Waals surface area contributed by atoms with E-state index in [1.54, 1.807) is 0 Å². The second kappa shape index (κ2) is 6.13. The number of unbranched alkanes of at least 4 members (excludes halogenated alkanes) is 1. The Hall–Kier alpha value is -0.380. The van der Waals surface area contributed by atoms with Crippen LogP contribution in [0.3, 0.4) is 0 Å². The first kappa shape index (κ1) is 12.6. The highest BCUT2D eigenvalue weighted by atomic mass is 31.2. The van der Waals surface area contributed by atoms with E-state index in [1.165, 1.54) is 14.2 Å². The third kappa shape index (κ3) is 3.46. The van der Waals surface area contributed by atoms with Gasteiger partial charge < -0.3 is 14.3 Å². The van der Waals surface area contributed by atoms with Crippen molar-refractivity contribution in [2.45, 2.75) is 26.2 Å². The quantitative estimate of drug-likeness (QED) is 0.316. The van der Waals surface area contributed by atoms with E-state index >= 15 is 0 Å². The zero-order chi connectivity index (χ0) is 10.3. The van der Waals surface area contributed by atoms with Crippen molar-refractivity contribution >= 4 is 13.0 Å². The Balaban J connectivity index is 4.47. The van der Waals surface area contributed by atoms with Gasteiger partial charge in [0, 0.05) is 20.6 Å². The summed E-state index contributed by atoms with van der Waals surface area (Å²) in [5, 5.41) is 11.5. The molecule has 0 unspecified atom stereocenters. The molecule has 0 amide bonds. The predicted octanol–water partition coefficient (Wildman–Crippen LogP) is 2.45. The number of nitrogens with zero attached hydrogens (tertiary/aromatic N) is 1. The Labute approximate surface area is 78.3 Å². The molecule has 13 heavy (non-hydrogen) atoms. The molecule has 0 bridgehead atoms. The molecular formula is C7H16NO4P. The lowest BCUT2D eigenvalue weighted by Gasteiger charge is -2.13. The summed E-state index contributed by atoms with van der Waals surface area (Å²) in [5.41, 5.74) is 0.0827. The van der Waals surface area contributed by atoms with Crippen LogP contribution in [0.5, 0.6) is 0 Å². The molecule has 0 radical (unpaired) electrons. The van der Waals surface area contributed by atoms with E-state index in [0.29, 0.717) is 6.42 Å². The molecule has 0 aromatic carbocycles. The highest BCUT2D eigenvalue weighted by Crippen LogP contribution is 2.49. The van der Waals surface area contributed by atoms with Crippen LogP contribution in [-0.2, 0) is 13.6 Å². The van der Waals surface area contributed by atoms with Crippen LogP contribution in [0.1, 0.15) is 26.2 Å². The molecule has 0 atom stereocenters. The summed E-state index contributed by atoms with van der Waals surface area (Å²) in [6.07, 6.45) is 2.13. The average Bonchev–Trinajstić information content (AvgIpc) is 2.18. The third-order valence-electron chi connectivity index (χ3n) is 1.67. The molecule has 0 heterocycles. The van der Waals surface area contributed by atoms with Gasteiger partial charge in [-0.3, -0.25) is 4.57 Å². The number of hydrogen-bond acceptors (Lipinski definition) is 5. The van der Waals surface area contributed by atoms with Gasteiger partial charge in [-0.15, -0.1) is 0 Å². The molecule has 78 valence electrons. The second-order valence-corrected chi connectivity index (χ2v) is 4.72. The monoisotopic (exact) mass is 209 g/mol. The second-order valence-electron chi connectivity index (χ2n) is 2.48. The summed E-state index contributed by atoms with van der Waals surface area (Å²) >= 11 is 0. The van der Waals surface area contributed by atoms with Gasteiger partial charge in [-0.05, 0) is 6.42 Å². The normalized spacial score (nSPS) is 13.3. The van der Waals surface area contributed by atoms with E-state index in [9.17, 15) is 4.57 Å². The van der Waals surface area contributed by atoms with Crippen LogP contribution in [0.4, 0.5) is 0 Å². The fourth-order valence-electron chi connectivity index (χ4n) is 0.862. The number of rotatable bonds is 6. The van der Waals surface area contributed by atoms with Gasteiger partial charge in [0.05, 0.1) is 0 Å². The maximum absolute atomic E-state index is 11.7. The summed E-state index contributed by atoms with van der Waals surface area (Å²) in [6, 6.07) is 0. The van der Waals surface area contributed by atoms with Crippen molar-refractivity contribution in [1.82, 2.24) is 0 Å². The molecule has 6 heteroatoms. The van der Waals surface area contributed by atoms with Crippen LogP contribution in [-0.4, -0.2) is 24.9 Å². The summed E-state index contributed by atoms with van der Waals surface area (Å²) in [4.78, 5) is 0. The van der Waals surface area contributed by atoms with E-state index in [-0.39, 0.29) is 5.45 Å². The Morgan fingerprint density at radius 1 is 1.46 bits per heavy atom. The van der Waals surface area contributed by atoms with Gasteiger partial charge in [0.2, 0.25) is 0 Å². The van der Waals surface area contributed by atoms with E-state index in [2.05, 4.69) is 14.2 Å². The predicted molar refractivity (Wildman–Crippen MR) is 50.4 cm³/mol. The molecule has 0 rings (SSSR count). The highest BCUT2D eigenvalue weighted by molar-refractivity contribution is 7.72. The van der Waals surface area contributed by atoms with E-state index < -0.39 is 7.60 Å². The minimum atomic E-state index is -3.32. The van der Waals surface area contributed by atoms with Crippen molar-refractivity contribution < 1.29 is 18.8 Å². The van der Waals surface area contributed by atoms with Crippen LogP contribution < -0.4 is 0 Å². The molecule has 0 aliphatic rings. The van der Waals surface area contributed by atoms with E-state index in [0.717, 1.165) is 12.8 Å². The Bertz CT molecular complexity index is 209. The fraction of sp³-hybridized carbons (Fsp3) is 0.857. The molecule has 0 fully saturated rings. The molecule has 0 aromatic rings. The molecule has 1 N–H and O–H groups in total. The molecular weight excluding hydrogens is 193 g/mol. The Morgan fingerprint density at radius 2 is 2.00 bits per heavy atom. The summed E-state index contributed by atoms with van der Waals surface area (Å²) in [5.74, 6) is 0. The van der Waals surface area contributed by atoms with Crippen LogP contribution >= 0.6 is 7.60 Å². The van der Waals surface area contributed by atoms with Crippen molar-refractivity contribution in [2.75, 3.05) is 14.2 Å². The molecule has 0 aliphatic carbocycles. The van der Waals surface area contributed by atoms with Crippen LogP contribution in [0, 0.1) is 0 Å². The summed E-state index contributed by atoms with van der Waals surface area (Å²) in [7, 11) is -0.790. The maximum atomic E-state index is 11.7. The first-order chi connectivity index (χ1) is 6.14. The molecule has 5 nitrogen and oxygen atoms in total. The average molecular weight is 209 g/mol. The van der Waals surface area contributed by atoms with Gasteiger partial charge in [-0.1, -0.05) is 18.5 Å². The molecule has 0 saturated heterocycles. The van der Waals surface area contributed by atoms with Crippen molar-refractivity contribution in [3.05, 3.63) is 0 Å². The van der Waals surface area contributed by atoms with Crippen LogP contribution in [0.2, 0.25) is 0 Å². The first-order valence-corrected chi connectivity index (χ1v) is 5.61. The van der Waals surface area contributed by atoms with Gasteiger partial charge in [-0.2, -0.15) is 0 Å². The smallest absolute Gasteiger partial charge is 0.378 e. The summed E-state index contributed by atoms with van der Waals surface area (Å²) < 4.78 is 21.0. The first-order valence-electron chi connectivity index (χ1n) is 4.07. The topological polar surface area (TPSA) is 68.1 Å². The fourth-order valence-corrected chi connectivity index (χ4v) is 1.97. The number of hydrogen-bond donors (Lipinski definition) is 1. The maximum Gasteiger partial charge on any atom is 0.378 e. The lowest BCUT2D eigenvalue weighted by atomic mass is 10.3. The van der Waals surface area contributed by atoms with Crippen molar-refractivity contribution in [3.63, 3.8) is 0 Å². The number of oxime groups is 1. The zero-order valence-corrected chi connectivity index (χ0v) is 9.08. The zero-order valence-electron chi connectivity index (χ0n) is 8.19. The molecule has 0 saturated carbocycles. The van der Waals surface area contributed by atoms with E-state index in [1.807, 2.05) is 6.92 Å². The van der Waals surface area contributed by atoms with Gasteiger partial charge in [0.15, 0.2) is 5.45 Å². The standard InChI is InChI=1S/C7H16NO4P/c1-4-5-6-7(8-9)13(10,11-2)12-3/h9H,4-6H2,1-3H3/b8-7+. The SMILES string of the molecule is CCCC/C(=N\O)P(=O)(OC)OC. The molecule has 0 aliphatic heterocycles. The van der Waals surface area contributed by atoms with Crippen molar-refractivity contribution in [1.29, 1.82) is 0 Å². The largest absolute Gasteiger partial charge is 0.410 e. The minimum Gasteiger partial charge on any atom is -0.410 e. The molecule has 0 spiro atoms. The Morgan fingerprint density at radius 3 is 2.31 bits per heavy atom. The van der Waals surface area contributed by atoms with Crippen molar-refractivity contribution in [3.8, 4) is 0 Å².